The average Bonchev–Trinajstić information content (AvgIpc) is 2.81. The maximum Gasteiger partial charge on any atom is 0.228 e. The van der Waals surface area contributed by atoms with Crippen molar-refractivity contribution in [3.63, 3.8) is 0 Å². The number of fused-ring (bicyclic) bond motifs is 1. The maximum absolute atomic E-state index is 13.9. The van der Waals surface area contributed by atoms with E-state index in [4.69, 9.17) is 5.73 Å². The molecule has 0 saturated heterocycles. The zero-order chi connectivity index (χ0) is 16.6. The summed E-state index contributed by atoms with van der Waals surface area (Å²) >= 11 is 0. The standard InChI is InChI=1S/C17H22FN5.CH4/c1-4-13(18)15-21-16(19)23-17(22-15)20-14-10(3)8-11-6-5-9(2)7-12(11)14;/h5-7,10,13-14H,4,8H2,1-3H3,(H3,19,20,21,22,23);1H4/t10-,13?,14?;/m0./s1. The van der Waals surface area contributed by atoms with Gasteiger partial charge in [0, 0.05) is 0 Å². The number of benzene rings is 1. The molecule has 3 N–H and O–H groups in total. The van der Waals surface area contributed by atoms with E-state index in [0.29, 0.717) is 18.3 Å². The predicted octanol–water partition coefficient (Wildman–Crippen LogP) is 4.16. The van der Waals surface area contributed by atoms with Gasteiger partial charge in [0.2, 0.25) is 11.9 Å². The Bertz CT molecular complexity index is 719. The Labute approximate surface area is 142 Å². The highest BCUT2D eigenvalue weighted by Crippen LogP contribution is 2.38. The molecule has 1 aliphatic carbocycles. The van der Waals surface area contributed by atoms with E-state index in [1.165, 1.54) is 16.7 Å². The first-order valence-electron chi connectivity index (χ1n) is 7.99. The van der Waals surface area contributed by atoms with Crippen LogP contribution in [0.3, 0.4) is 0 Å². The molecule has 2 unspecified atom stereocenters. The number of rotatable bonds is 4. The number of anilines is 2. The highest BCUT2D eigenvalue weighted by atomic mass is 19.1. The molecule has 1 heterocycles. The van der Waals surface area contributed by atoms with Gasteiger partial charge in [0.1, 0.15) is 0 Å². The van der Waals surface area contributed by atoms with Crippen LogP contribution in [0.5, 0.6) is 0 Å². The lowest BCUT2D eigenvalue weighted by Gasteiger charge is -2.19. The third-order valence-corrected chi connectivity index (χ3v) is 4.34. The van der Waals surface area contributed by atoms with Crippen molar-refractivity contribution in [3.05, 3.63) is 40.7 Å². The van der Waals surface area contributed by atoms with Gasteiger partial charge in [0.15, 0.2) is 12.0 Å². The van der Waals surface area contributed by atoms with E-state index in [1.54, 1.807) is 6.92 Å². The number of nitrogens with one attached hydrogen (secondary N) is 1. The topological polar surface area (TPSA) is 76.7 Å². The summed E-state index contributed by atoms with van der Waals surface area (Å²) in [6.07, 6.45) is 0.0861. The molecule has 2 aromatic rings. The lowest BCUT2D eigenvalue weighted by Crippen LogP contribution is -2.18. The molecule has 0 fully saturated rings. The third kappa shape index (κ3) is 3.47. The molecule has 130 valence electrons. The lowest BCUT2D eigenvalue weighted by molar-refractivity contribution is 0.318. The molecule has 0 bridgehead atoms. The first-order valence-corrected chi connectivity index (χ1v) is 7.99. The molecular formula is C18H26FN5. The molecule has 1 aliphatic rings. The normalized spacial score (nSPS) is 20.2. The molecule has 1 aromatic heterocycles. The van der Waals surface area contributed by atoms with E-state index < -0.39 is 6.17 Å². The molecule has 0 amide bonds. The summed E-state index contributed by atoms with van der Waals surface area (Å²) in [6.45, 7) is 6.01. The van der Waals surface area contributed by atoms with E-state index in [9.17, 15) is 4.39 Å². The Morgan fingerprint density at radius 2 is 2.08 bits per heavy atom. The highest BCUT2D eigenvalue weighted by molar-refractivity contribution is 5.44. The van der Waals surface area contributed by atoms with Crippen LogP contribution in [-0.2, 0) is 6.42 Å². The fraction of sp³-hybridized carbons (Fsp3) is 0.500. The number of aryl methyl sites for hydroxylation is 1. The van der Waals surface area contributed by atoms with Gasteiger partial charge in [0.05, 0.1) is 6.04 Å². The van der Waals surface area contributed by atoms with E-state index in [0.717, 1.165) is 6.42 Å². The quantitative estimate of drug-likeness (QED) is 0.879. The minimum Gasteiger partial charge on any atom is -0.368 e. The zero-order valence-corrected chi connectivity index (χ0v) is 13.7. The summed E-state index contributed by atoms with van der Waals surface area (Å²) in [6, 6.07) is 6.58. The van der Waals surface area contributed by atoms with Crippen molar-refractivity contribution in [2.24, 2.45) is 5.92 Å². The number of hydrogen-bond donors (Lipinski definition) is 2. The SMILES string of the molecule is C.CCC(F)c1nc(N)nc(NC2c3cc(C)ccc3C[C@@H]2C)n1. The first-order chi connectivity index (χ1) is 11.0. The number of aromatic nitrogens is 3. The smallest absolute Gasteiger partial charge is 0.228 e. The van der Waals surface area contributed by atoms with Crippen LogP contribution in [0.4, 0.5) is 16.3 Å². The van der Waals surface area contributed by atoms with Crippen LogP contribution in [0.1, 0.15) is 62.4 Å². The number of halogens is 1. The van der Waals surface area contributed by atoms with Gasteiger partial charge in [-0.05, 0) is 36.8 Å². The number of nitrogen functional groups attached to an aromatic ring is 1. The molecule has 3 atom stereocenters. The molecule has 0 spiro atoms. The van der Waals surface area contributed by atoms with Gasteiger partial charge in [-0.2, -0.15) is 15.0 Å². The minimum absolute atomic E-state index is 0. The van der Waals surface area contributed by atoms with E-state index in [-0.39, 0.29) is 25.2 Å². The van der Waals surface area contributed by atoms with Gasteiger partial charge in [0.25, 0.3) is 0 Å². The second-order valence-electron chi connectivity index (χ2n) is 6.26. The van der Waals surface area contributed by atoms with Crippen molar-refractivity contribution in [2.75, 3.05) is 11.1 Å². The Morgan fingerprint density at radius 3 is 2.79 bits per heavy atom. The first kappa shape index (κ1) is 18.1. The second-order valence-corrected chi connectivity index (χ2v) is 6.26. The van der Waals surface area contributed by atoms with Crippen LogP contribution in [0.25, 0.3) is 0 Å². The van der Waals surface area contributed by atoms with Gasteiger partial charge in [-0.15, -0.1) is 0 Å². The summed E-state index contributed by atoms with van der Waals surface area (Å²) in [4.78, 5) is 12.2. The van der Waals surface area contributed by atoms with E-state index >= 15 is 0 Å². The summed E-state index contributed by atoms with van der Waals surface area (Å²) in [5, 5.41) is 3.33. The number of hydrogen-bond acceptors (Lipinski definition) is 5. The second kappa shape index (κ2) is 7.11. The van der Waals surface area contributed by atoms with Crippen molar-refractivity contribution in [3.8, 4) is 0 Å². The summed E-state index contributed by atoms with van der Waals surface area (Å²) in [5.74, 6) is 0.886. The van der Waals surface area contributed by atoms with Crippen molar-refractivity contribution in [2.45, 2.75) is 53.3 Å². The molecule has 0 aliphatic heterocycles. The van der Waals surface area contributed by atoms with Crippen molar-refractivity contribution in [1.29, 1.82) is 0 Å². The number of nitrogens with zero attached hydrogens (tertiary/aromatic N) is 3. The minimum atomic E-state index is -1.23. The Balaban J connectivity index is 0.00000208. The van der Waals surface area contributed by atoms with Crippen molar-refractivity contribution < 1.29 is 4.39 Å². The van der Waals surface area contributed by atoms with E-state index in [1.807, 2.05) is 0 Å². The molecule has 3 rings (SSSR count). The van der Waals surface area contributed by atoms with Crippen LogP contribution in [0.2, 0.25) is 0 Å². The third-order valence-electron chi connectivity index (χ3n) is 4.34. The van der Waals surface area contributed by atoms with Gasteiger partial charge >= 0.3 is 0 Å². The number of alkyl halides is 1. The van der Waals surface area contributed by atoms with Gasteiger partial charge in [-0.1, -0.05) is 45.0 Å². The molecule has 1 aromatic carbocycles. The van der Waals surface area contributed by atoms with Crippen LogP contribution < -0.4 is 11.1 Å². The average molecular weight is 331 g/mol. The molecule has 0 radical (unpaired) electrons. The highest BCUT2D eigenvalue weighted by Gasteiger charge is 2.30. The monoisotopic (exact) mass is 331 g/mol. The van der Waals surface area contributed by atoms with Gasteiger partial charge in [-0.25, -0.2) is 4.39 Å². The van der Waals surface area contributed by atoms with Crippen molar-refractivity contribution >= 4 is 11.9 Å². The largest absolute Gasteiger partial charge is 0.368 e. The number of nitrogens with two attached hydrogens (primary N) is 1. The van der Waals surface area contributed by atoms with Crippen LogP contribution in [0.15, 0.2) is 18.2 Å². The zero-order valence-electron chi connectivity index (χ0n) is 13.7. The summed E-state index contributed by atoms with van der Waals surface area (Å²) < 4.78 is 13.9. The molecule has 24 heavy (non-hydrogen) atoms. The van der Waals surface area contributed by atoms with Crippen LogP contribution >= 0.6 is 0 Å². The molecule has 0 saturated carbocycles. The Morgan fingerprint density at radius 1 is 1.33 bits per heavy atom. The maximum atomic E-state index is 13.9. The molecule has 5 nitrogen and oxygen atoms in total. The predicted molar refractivity (Wildman–Crippen MR) is 95.5 cm³/mol. The molecule has 6 heteroatoms. The fourth-order valence-electron chi connectivity index (χ4n) is 3.12. The van der Waals surface area contributed by atoms with Gasteiger partial charge in [-0.3, -0.25) is 0 Å². The van der Waals surface area contributed by atoms with Crippen LogP contribution in [-0.4, -0.2) is 15.0 Å². The summed E-state index contributed by atoms with van der Waals surface area (Å²) in [5.41, 5.74) is 9.52. The van der Waals surface area contributed by atoms with Gasteiger partial charge < -0.3 is 11.1 Å². The van der Waals surface area contributed by atoms with E-state index in [2.05, 4.69) is 52.3 Å². The van der Waals surface area contributed by atoms with Crippen molar-refractivity contribution in [1.82, 2.24) is 15.0 Å². The Hall–Kier alpha value is -2.24. The molecular weight excluding hydrogens is 305 g/mol. The fourth-order valence-corrected chi connectivity index (χ4v) is 3.12. The Kier molecular flexibility index (Phi) is 5.36. The lowest BCUT2D eigenvalue weighted by atomic mass is 10.0. The summed E-state index contributed by atoms with van der Waals surface area (Å²) in [7, 11) is 0. The van der Waals surface area contributed by atoms with Crippen LogP contribution in [0, 0.1) is 12.8 Å².